The first-order valence-electron chi connectivity index (χ1n) is 8.96. The molecule has 8 nitrogen and oxygen atoms in total. The van der Waals surface area contributed by atoms with Crippen molar-refractivity contribution in [1.82, 2.24) is 10.2 Å². The molecule has 148 valence electrons. The van der Waals surface area contributed by atoms with E-state index in [9.17, 15) is 14.4 Å². The third-order valence-electron chi connectivity index (χ3n) is 4.89. The first-order valence-corrected chi connectivity index (χ1v) is 9.34. The minimum absolute atomic E-state index is 0.0268. The molecule has 1 unspecified atom stereocenters. The van der Waals surface area contributed by atoms with Gasteiger partial charge in [-0.2, -0.15) is 0 Å². The molecule has 0 saturated carbocycles. The van der Waals surface area contributed by atoms with E-state index in [4.69, 9.17) is 16.1 Å². The van der Waals surface area contributed by atoms with Crippen molar-refractivity contribution in [2.45, 2.75) is 19.0 Å². The first-order chi connectivity index (χ1) is 14.0. The van der Waals surface area contributed by atoms with E-state index in [1.165, 1.54) is 4.68 Å². The molecule has 2 amide bonds. The molecule has 1 atom stereocenters. The van der Waals surface area contributed by atoms with Crippen LogP contribution in [0.1, 0.15) is 12.1 Å². The van der Waals surface area contributed by atoms with Crippen LogP contribution in [0.15, 0.2) is 63.9 Å². The van der Waals surface area contributed by atoms with Gasteiger partial charge in [-0.15, -0.1) is 0 Å². The van der Waals surface area contributed by atoms with Gasteiger partial charge in [-0.05, 0) is 41.3 Å². The lowest BCUT2D eigenvalue weighted by atomic mass is 10.2. The Kier molecular flexibility index (Phi) is 5.04. The van der Waals surface area contributed by atoms with Crippen LogP contribution in [0.3, 0.4) is 0 Å². The molecule has 1 fully saturated rings. The van der Waals surface area contributed by atoms with E-state index in [0.717, 1.165) is 10.6 Å². The molecule has 1 aromatic heterocycles. The Morgan fingerprint density at radius 3 is 2.52 bits per heavy atom. The summed E-state index contributed by atoms with van der Waals surface area (Å²) >= 11 is 5.89. The number of nitrogens with zero attached hydrogens (tertiary/aromatic N) is 3. The summed E-state index contributed by atoms with van der Waals surface area (Å²) in [6.07, 6.45) is 0.0268. The van der Waals surface area contributed by atoms with Crippen molar-refractivity contribution in [2.75, 3.05) is 11.9 Å². The summed E-state index contributed by atoms with van der Waals surface area (Å²) in [5.74, 6) is -0.641. The van der Waals surface area contributed by atoms with Crippen LogP contribution >= 0.6 is 11.6 Å². The second kappa shape index (κ2) is 7.65. The molecule has 29 heavy (non-hydrogen) atoms. The number of carbonyl (C=O) groups excluding carboxylic acids is 2. The van der Waals surface area contributed by atoms with Gasteiger partial charge in [-0.1, -0.05) is 29.8 Å². The number of benzene rings is 2. The number of H-pyrrole nitrogens is 1. The number of rotatable bonds is 5. The number of carbonyl (C=O) groups is 2. The van der Waals surface area contributed by atoms with Gasteiger partial charge in [-0.3, -0.25) is 19.0 Å². The molecule has 0 spiro atoms. The normalized spacial score (nSPS) is 16.8. The van der Waals surface area contributed by atoms with Gasteiger partial charge in [0.15, 0.2) is 0 Å². The molecule has 9 heteroatoms. The number of hydrogen-bond acceptors (Lipinski definition) is 5. The van der Waals surface area contributed by atoms with Crippen molar-refractivity contribution in [3.8, 4) is 5.69 Å². The SMILES string of the molecule is CN(Cc1c(=O)o[nH][n+]1-c1ccccc1)C1CC(=O)N(c2ccc(Cl)cc2)C1=O. The molecule has 1 aliphatic heterocycles. The molecule has 1 aliphatic rings. The van der Waals surface area contributed by atoms with Crippen LogP contribution in [-0.4, -0.2) is 35.1 Å². The quantitative estimate of drug-likeness (QED) is 0.507. The van der Waals surface area contributed by atoms with Crippen molar-refractivity contribution in [3.63, 3.8) is 0 Å². The van der Waals surface area contributed by atoms with Gasteiger partial charge in [0, 0.05) is 17.2 Å². The van der Waals surface area contributed by atoms with Gasteiger partial charge >= 0.3 is 11.3 Å². The Labute approximate surface area is 170 Å². The predicted molar refractivity (Wildman–Crippen MR) is 105 cm³/mol. The van der Waals surface area contributed by atoms with Crippen molar-refractivity contribution in [3.05, 3.63) is 75.7 Å². The number of amides is 2. The zero-order valence-corrected chi connectivity index (χ0v) is 16.3. The highest BCUT2D eigenvalue weighted by molar-refractivity contribution is 6.30. The van der Waals surface area contributed by atoms with Crippen molar-refractivity contribution in [1.29, 1.82) is 0 Å². The number of para-hydroxylation sites is 1. The van der Waals surface area contributed by atoms with E-state index in [0.29, 0.717) is 16.4 Å². The average Bonchev–Trinajstić information content (AvgIpc) is 3.23. The van der Waals surface area contributed by atoms with E-state index in [1.807, 2.05) is 30.3 Å². The fraction of sp³-hybridized carbons (Fsp3) is 0.200. The van der Waals surface area contributed by atoms with Gasteiger partial charge in [0.1, 0.15) is 0 Å². The predicted octanol–water partition coefficient (Wildman–Crippen LogP) is 1.66. The number of aromatic amines is 1. The molecule has 2 heterocycles. The van der Waals surface area contributed by atoms with Crippen molar-refractivity contribution < 1.29 is 18.8 Å². The third-order valence-corrected chi connectivity index (χ3v) is 5.14. The zero-order valence-electron chi connectivity index (χ0n) is 15.5. The lowest BCUT2D eigenvalue weighted by Crippen LogP contribution is -2.45. The third kappa shape index (κ3) is 3.59. The second-order valence-corrected chi connectivity index (χ2v) is 7.21. The Hall–Kier alpha value is -3.23. The Bertz CT molecular complexity index is 1110. The number of likely N-dealkylation sites (N-methyl/N-ethyl adjacent to an activating group) is 1. The highest BCUT2D eigenvalue weighted by Crippen LogP contribution is 2.26. The van der Waals surface area contributed by atoms with Crippen LogP contribution in [0.25, 0.3) is 5.69 Å². The average molecular weight is 414 g/mol. The minimum atomic E-state index is -0.684. The standard InChI is InChI=1S/C20H17ClN4O4/c1-23(12-17-20(28)29-22-25(17)15-5-3-2-4-6-15)16-11-18(26)24(19(16)27)14-9-7-13(21)8-10-14/h2-10,16H,11-12H2,1H3/p+1. The lowest BCUT2D eigenvalue weighted by Gasteiger charge is -2.20. The number of anilines is 1. The van der Waals surface area contributed by atoms with Crippen LogP contribution < -0.4 is 15.2 Å². The summed E-state index contributed by atoms with van der Waals surface area (Å²) in [6.45, 7) is 0.124. The monoisotopic (exact) mass is 413 g/mol. The maximum atomic E-state index is 12.9. The molecular weight excluding hydrogens is 396 g/mol. The van der Waals surface area contributed by atoms with Gasteiger partial charge < -0.3 is 0 Å². The van der Waals surface area contributed by atoms with Crippen LogP contribution in [0.4, 0.5) is 5.69 Å². The molecule has 1 N–H and O–H groups in total. The van der Waals surface area contributed by atoms with E-state index in [1.54, 1.807) is 36.2 Å². The number of hydrogen-bond donors (Lipinski definition) is 1. The Morgan fingerprint density at radius 1 is 1.14 bits per heavy atom. The maximum absolute atomic E-state index is 12.9. The largest absolute Gasteiger partial charge is 0.431 e. The summed E-state index contributed by atoms with van der Waals surface area (Å²) in [4.78, 5) is 40.5. The fourth-order valence-electron chi connectivity index (χ4n) is 3.38. The molecule has 0 bridgehead atoms. The highest BCUT2D eigenvalue weighted by Gasteiger charge is 2.42. The summed E-state index contributed by atoms with van der Waals surface area (Å²) < 4.78 is 6.47. The molecule has 2 aromatic carbocycles. The summed E-state index contributed by atoms with van der Waals surface area (Å²) in [5.41, 5.74) is 0.982. The van der Waals surface area contributed by atoms with Gasteiger partial charge in [0.25, 0.3) is 5.91 Å². The van der Waals surface area contributed by atoms with E-state index >= 15 is 0 Å². The summed E-state index contributed by atoms with van der Waals surface area (Å²) in [6, 6.07) is 15.0. The highest BCUT2D eigenvalue weighted by atomic mass is 35.5. The summed E-state index contributed by atoms with van der Waals surface area (Å²) in [5, 5.41) is 3.09. The van der Waals surface area contributed by atoms with Gasteiger partial charge in [-0.25, -0.2) is 9.69 Å². The maximum Gasteiger partial charge on any atom is 0.431 e. The fourth-order valence-corrected chi connectivity index (χ4v) is 3.51. The number of nitrogens with one attached hydrogen (secondary N) is 1. The Morgan fingerprint density at radius 2 is 1.83 bits per heavy atom. The molecular formula is C20H18ClN4O4+. The summed E-state index contributed by atoms with van der Waals surface area (Å²) in [7, 11) is 1.70. The molecule has 4 rings (SSSR count). The van der Waals surface area contributed by atoms with Crippen molar-refractivity contribution in [2.24, 2.45) is 0 Å². The van der Waals surface area contributed by atoms with Crippen LogP contribution in [0, 0.1) is 0 Å². The lowest BCUT2D eigenvalue weighted by molar-refractivity contribution is -0.678. The van der Waals surface area contributed by atoms with Crippen LogP contribution in [0.2, 0.25) is 5.02 Å². The minimum Gasteiger partial charge on any atom is -0.284 e. The van der Waals surface area contributed by atoms with Crippen LogP contribution in [-0.2, 0) is 16.1 Å². The first kappa shape index (κ1) is 19.1. The zero-order chi connectivity index (χ0) is 20.5. The van der Waals surface area contributed by atoms with Gasteiger partial charge in [0.2, 0.25) is 11.6 Å². The smallest absolute Gasteiger partial charge is 0.284 e. The van der Waals surface area contributed by atoms with E-state index in [2.05, 4.69) is 5.27 Å². The number of imide groups is 1. The topological polar surface area (TPSA) is 90.5 Å². The van der Waals surface area contributed by atoms with E-state index in [-0.39, 0.29) is 24.8 Å². The second-order valence-electron chi connectivity index (χ2n) is 6.78. The van der Waals surface area contributed by atoms with Crippen molar-refractivity contribution >= 4 is 29.1 Å². The molecule has 3 aromatic rings. The molecule has 0 radical (unpaired) electrons. The molecule has 0 aliphatic carbocycles. The molecule has 1 saturated heterocycles. The van der Waals surface area contributed by atoms with Crippen LogP contribution in [0.5, 0.6) is 0 Å². The number of halogens is 1. The van der Waals surface area contributed by atoms with Gasteiger partial charge in [0.05, 0.1) is 24.7 Å². The Balaban J connectivity index is 1.57. The van der Waals surface area contributed by atoms with E-state index < -0.39 is 11.7 Å². The number of aromatic nitrogens is 2.